The van der Waals surface area contributed by atoms with Gasteiger partial charge in [0, 0.05) is 31.2 Å². The Morgan fingerprint density at radius 3 is 3.11 bits per heavy atom. The van der Waals surface area contributed by atoms with Crippen molar-refractivity contribution >= 4 is 10.9 Å². The predicted molar refractivity (Wildman–Crippen MR) is 74.5 cm³/mol. The van der Waals surface area contributed by atoms with Gasteiger partial charge in [0.25, 0.3) is 0 Å². The maximum atomic E-state index is 4.53. The fourth-order valence-corrected chi connectivity index (χ4v) is 2.52. The van der Waals surface area contributed by atoms with Crippen LogP contribution in [0.2, 0.25) is 0 Å². The van der Waals surface area contributed by atoms with Crippen LogP contribution in [0.1, 0.15) is 12.0 Å². The molecule has 1 aliphatic rings. The van der Waals surface area contributed by atoms with Gasteiger partial charge in [-0.05, 0) is 37.2 Å². The van der Waals surface area contributed by atoms with Crippen LogP contribution in [0.3, 0.4) is 0 Å². The summed E-state index contributed by atoms with van der Waals surface area (Å²) in [4.78, 5) is 7.03. The van der Waals surface area contributed by atoms with Gasteiger partial charge in [-0.2, -0.15) is 0 Å². The minimum atomic E-state index is 1.01. The first-order valence-corrected chi connectivity index (χ1v) is 6.68. The molecule has 0 bridgehead atoms. The number of hydrogen-bond acceptors (Lipinski definition) is 3. The number of benzene rings is 1. The zero-order chi connectivity index (χ0) is 12.2. The first-order chi connectivity index (χ1) is 8.92. The van der Waals surface area contributed by atoms with Gasteiger partial charge in [-0.1, -0.05) is 18.2 Å². The molecule has 0 spiro atoms. The minimum absolute atomic E-state index is 1.01. The number of rotatable bonds is 2. The quantitative estimate of drug-likeness (QED) is 0.872. The van der Waals surface area contributed by atoms with Gasteiger partial charge in [0.15, 0.2) is 0 Å². The molecule has 1 aromatic carbocycles. The van der Waals surface area contributed by atoms with E-state index in [2.05, 4.69) is 39.5 Å². The van der Waals surface area contributed by atoms with Gasteiger partial charge in [0.2, 0.25) is 0 Å². The van der Waals surface area contributed by atoms with Crippen molar-refractivity contribution in [3.8, 4) is 0 Å². The summed E-state index contributed by atoms with van der Waals surface area (Å²) in [6.07, 6.45) is 3.25. The van der Waals surface area contributed by atoms with Gasteiger partial charge in [-0.3, -0.25) is 9.88 Å². The fraction of sp³-hybridized carbons (Fsp3) is 0.400. The van der Waals surface area contributed by atoms with Gasteiger partial charge in [0.1, 0.15) is 0 Å². The molecule has 0 atom stereocenters. The minimum Gasteiger partial charge on any atom is -0.315 e. The molecule has 3 rings (SSSR count). The summed E-state index contributed by atoms with van der Waals surface area (Å²) < 4.78 is 0. The van der Waals surface area contributed by atoms with Gasteiger partial charge < -0.3 is 5.32 Å². The van der Waals surface area contributed by atoms with Gasteiger partial charge in [-0.25, -0.2) is 0 Å². The first kappa shape index (κ1) is 11.6. The summed E-state index contributed by atoms with van der Waals surface area (Å²) in [5.74, 6) is 0. The fourth-order valence-electron chi connectivity index (χ4n) is 2.52. The van der Waals surface area contributed by atoms with E-state index in [1.807, 2.05) is 12.3 Å². The molecule has 2 heterocycles. The lowest BCUT2D eigenvalue weighted by Gasteiger charge is -2.19. The Morgan fingerprint density at radius 1 is 1.17 bits per heavy atom. The molecule has 0 unspecified atom stereocenters. The van der Waals surface area contributed by atoms with Crippen molar-refractivity contribution in [1.82, 2.24) is 15.2 Å². The Bertz CT molecular complexity index is 516. The third-order valence-corrected chi connectivity index (χ3v) is 3.49. The lowest BCUT2D eigenvalue weighted by molar-refractivity contribution is 0.284. The normalized spacial score (nSPS) is 17.8. The molecule has 94 valence electrons. The van der Waals surface area contributed by atoms with Crippen LogP contribution in [0.15, 0.2) is 36.5 Å². The monoisotopic (exact) mass is 241 g/mol. The number of aromatic nitrogens is 1. The number of hydrogen-bond donors (Lipinski definition) is 1. The highest BCUT2D eigenvalue weighted by molar-refractivity contribution is 5.78. The maximum absolute atomic E-state index is 4.53. The molecule has 1 aromatic heterocycles. The van der Waals surface area contributed by atoms with Crippen LogP contribution < -0.4 is 5.32 Å². The highest BCUT2D eigenvalue weighted by atomic mass is 15.1. The second-order valence-electron chi connectivity index (χ2n) is 4.92. The van der Waals surface area contributed by atoms with E-state index in [0.29, 0.717) is 0 Å². The molecule has 18 heavy (non-hydrogen) atoms. The van der Waals surface area contributed by atoms with Gasteiger partial charge >= 0.3 is 0 Å². The van der Waals surface area contributed by atoms with E-state index in [4.69, 9.17) is 0 Å². The SMILES string of the molecule is c1ccc2ncc(CN3CCCNCC3)cc2c1. The van der Waals surface area contributed by atoms with Crippen molar-refractivity contribution < 1.29 is 0 Å². The molecule has 2 aromatic rings. The summed E-state index contributed by atoms with van der Waals surface area (Å²) in [5, 5.41) is 4.67. The molecule has 0 amide bonds. The topological polar surface area (TPSA) is 28.2 Å². The van der Waals surface area contributed by atoms with E-state index in [9.17, 15) is 0 Å². The van der Waals surface area contributed by atoms with Gasteiger partial charge in [0.05, 0.1) is 5.52 Å². The maximum Gasteiger partial charge on any atom is 0.0702 e. The Labute approximate surface area is 108 Å². The molecule has 3 nitrogen and oxygen atoms in total. The van der Waals surface area contributed by atoms with Crippen LogP contribution in [-0.2, 0) is 6.54 Å². The van der Waals surface area contributed by atoms with Crippen molar-refractivity contribution in [2.75, 3.05) is 26.2 Å². The number of nitrogens with zero attached hydrogens (tertiary/aromatic N) is 2. The molecule has 1 fully saturated rings. The lowest BCUT2D eigenvalue weighted by atomic mass is 10.1. The third-order valence-electron chi connectivity index (χ3n) is 3.49. The van der Waals surface area contributed by atoms with Crippen LogP contribution in [0.5, 0.6) is 0 Å². The first-order valence-electron chi connectivity index (χ1n) is 6.68. The number of pyridine rings is 1. The second kappa shape index (κ2) is 5.46. The molecular weight excluding hydrogens is 222 g/mol. The number of para-hydroxylation sites is 1. The second-order valence-corrected chi connectivity index (χ2v) is 4.92. The summed E-state index contributed by atoms with van der Waals surface area (Å²) in [5.41, 5.74) is 2.40. The van der Waals surface area contributed by atoms with E-state index in [-0.39, 0.29) is 0 Å². The average Bonchev–Trinajstić information content (AvgIpc) is 2.67. The number of fused-ring (bicyclic) bond motifs is 1. The van der Waals surface area contributed by atoms with E-state index in [1.165, 1.54) is 23.9 Å². The summed E-state index contributed by atoms with van der Waals surface area (Å²) in [6.45, 7) is 5.57. The van der Waals surface area contributed by atoms with Crippen molar-refractivity contribution in [2.45, 2.75) is 13.0 Å². The summed E-state index contributed by atoms with van der Waals surface area (Å²) in [6, 6.07) is 10.6. The van der Waals surface area contributed by atoms with E-state index in [1.54, 1.807) is 0 Å². The van der Waals surface area contributed by atoms with E-state index >= 15 is 0 Å². The lowest BCUT2D eigenvalue weighted by Crippen LogP contribution is -2.27. The van der Waals surface area contributed by atoms with Crippen molar-refractivity contribution in [3.05, 3.63) is 42.1 Å². The average molecular weight is 241 g/mol. The van der Waals surface area contributed by atoms with Crippen LogP contribution in [0, 0.1) is 0 Å². The molecule has 0 aliphatic carbocycles. The Balaban J connectivity index is 1.77. The highest BCUT2D eigenvalue weighted by Crippen LogP contribution is 2.14. The Kier molecular flexibility index (Phi) is 3.53. The largest absolute Gasteiger partial charge is 0.315 e. The van der Waals surface area contributed by atoms with Crippen molar-refractivity contribution in [1.29, 1.82) is 0 Å². The molecule has 1 N–H and O–H groups in total. The summed E-state index contributed by atoms with van der Waals surface area (Å²) in [7, 11) is 0. The Morgan fingerprint density at radius 2 is 2.11 bits per heavy atom. The van der Waals surface area contributed by atoms with Crippen molar-refractivity contribution in [3.63, 3.8) is 0 Å². The van der Waals surface area contributed by atoms with Crippen LogP contribution in [0.25, 0.3) is 10.9 Å². The van der Waals surface area contributed by atoms with Crippen LogP contribution in [-0.4, -0.2) is 36.1 Å². The molecule has 1 saturated heterocycles. The smallest absolute Gasteiger partial charge is 0.0702 e. The molecular formula is C15H19N3. The van der Waals surface area contributed by atoms with Crippen LogP contribution >= 0.6 is 0 Å². The van der Waals surface area contributed by atoms with E-state index in [0.717, 1.165) is 31.7 Å². The third kappa shape index (κ3) is 2.68. The zero-order valence-corrected chi connectivity index (χ0v) is 10.6. The number of nitrogens with one attached hydrogen (secondary N) is 1. The highest BCUT2D eigenvalue weighted by Gasteiger charge is 2.09. The van der Waals surface area contributed by atoms with Crippen molar-refractivity contribution in [2.24, 2.45) is 0 Å². The Hall–Kier alpha value is -1.45. The zero-order valence-electron chi connectivity index (χ0n) is 10.6. The molecule has 3 heteroatoms. The van der Waals surface area contributed by atoms with Gasteiger partial charge in [-0.15, -0.1) is 0 Å². The standard InChI is InChI=1S/C15H19N3/c1-2-5-15-14(4-1)10-13(11-17-15)12-18-8-3-6-16-7-9-18/h1-2,4-5,10-11,16H,3,6-9,12H2. The predicted octanol–water partition coefficient (Wildman–Crippen LogP) is 2.03. The molecule has 0 saturated carbocycles. The van der Waals surface area contributed by atoms with E-state index < -0.39 is 0 Å². The summed E-state index contributed by atoms with van der Waals surface area (Å²) >= 11 is 0. The molecule has 1 aliphatic heterocycles. The molecule has 0 radical (unpaired) electrons. The van der Waals surface area contributed by atoms with Crippen LogP contribution in [0.4, 0.5) is 0 Å².